The summed E-state index contributed by atoms with van der Waals surface area (Å²) in [6, 6.07) is 14.5. The quantitative estimate of drug-likeness (QED) is 0.435. The lowest BCUT2D eigenvalue weighted by molar-refractivity contribution is -0.122. The van der Waals surface area contributed by atoms with Crippen molar-refractivity contribution in [3.8, 4) is 17.2 Å². The highest BCUT2D eigenvalue weighted by atomic mass is 16.5. The first-order valence-corrected chi connectivity index (χ1v) is 13.4. The Morgan fingerprint density at radius 3 is 2.53 bits per heavy atom. The van der Waals surface area contributed by atoms with E-state index in [2.05, 4.69) is 36.2 Å². The molecule has 7 heteroatoms. The van der Waals surface area contributed by atoms with Gasteiger partial charge in [-0.15, -0.1) is 0 Å². The molecule has 1 aliphatic carbocycles. The van der Waals surface area contributed by atoms with Crippen LogP contribution in [-0.2, 0) is 4.79 Å². The maximum Gasteiger partial charge on any atom is 0.240 e. The number of nitrogens with one attached hydrogen (secondary N) is 1. The average molecular weight is 489 g/mol. The molecule has 0 radical (unpaired) electrons. The lowest BCUT2D eigenvalue weighted by Crippen LogP contribution is -2.47. The van der Waals surface area contributed by atoms with Crippen molar-refractivity contribution in [3.05, 3.63) is 48.0 Å². The van der Waals surface area contributed by atoms with Crippen molar-refractivity contribution < 1.29 is 13.9 Å². The number of benzene rings is 2. The van der Waals surface area contributed by atoms with E-state index in [-0.39, 0.29) is 17.9 Å². The van der Waals surface area contributed by atoms with Gasteiger partial charge in [-0.2, -0.15) is 5.10 Å². The molecule has 0 spiro atoms. The SMILES string of the molecule is CCC1CC(=O)NN=C1c1ccc2nc(-c3ccc(O[C@@H]4CCCC[C@H]4N(CC)CC)cc3)oc2c1. The Labute approximate surface area is 212 Å². The Balaban J connectivity index is 1.33. The molecule has 2 heterocycles. The predicted octanol–water partition coefficient (Wildman–Crippen LogP) is 5.78. The van der Waals surface area contributed by atoms with Crippen molar-refractivity contribution >= 4 is 22.7 Å². The molecule has 1 saturated carbocycles. The second-order valence-electron chi connectivity index (χ2n) is 9.80. The zero-order chi connectivity index (χ0) is 25.1. The Hall–Kier alpha value is -3.19. The monoisotopic (exact) mass is 488 g/mol. The van der Waals surface area contributed by atoms with Crippen LogP contribution in [0.4, 0.5) is 0 Å². The first-order valence-electron chi connectivity index (χ1n) is 13.4. The molecule has 0 saturated heterocycles. The number of amides is 1. The summed E-state index contributed by atoms with van der Waals surface area (Å²) < 4.78 is 12.6. The largest absolute Gasteiger partial charge is 0.489 e. The van der Waals surface area contributed by atoms with Crippen LogP contribution in [0.15, 0.2) is 52.0 Å². The van der Waals surface area contributed by atoms with Crippen molar-refractivity contribution in [2.45, 2.75) is 71.4 Å². The van der Waals surface area contributed by atoms with E-state index < -0.39 is 0 Å². The van der Waals surface area contributed by atoms with Gasteiger partial charge in [0.25, 0.3) is 0 Å². The van der Waals surface area contributed by atoms with Gasteiger partial charge < -0.3 is 9.15 Å². The van der Waals surface area contributed by atoms with Gasteiger partial charge in [-0.05, 0) is 75.2 Å². The molecule has 2 aromatic carbocycles. The van der Waals surface area contributed by atoms with E-state index in [0.29, 0.717) is 23.9 Å². The Kier molecular flexibility index (Phi) is 7.37. The molecule has 1 unspecified atom stereocenters. The van der Waals surface area contributed by atoms with Gasteiger partial charge in [-0.1, -0.05) is 33.3 Å². The van der Waals surface area contributed by atoms with Crippen LogP contribution in [0.5, 0.6) is 5.75 Å². The minimum atomic E-state index is -0.0342. The van der Waals surface area contributed by atoms with Crippen LogP contribution < -0.4 is 10.2 Å². The van der Waals surface area contributed by atoms with E-state index in [1.54, 1.807) is 0 Å². The molecule has 7 nitrogen and oxygen atoms in total. The number of fused-ring (bicyclic) bond motifs is 1. The molecule has 3 aromatic rings. The number of carbonyl (C=O) groups is 1. The number of likely N-dealkylation sites (N-methyl/N-ethyl adjacent to an activating group) is 1. The van der Waals surface area contributed by atoms with Crippen LogP contribution in [0.3, 0.4) is 0 Å². The molecule has 3 atom stereocenters. The van der Waals surface area contributed by atoms with E-state index in [9.17, 15) is 4.79 Å². The first-order chi connectivity index (χ1) is 17.6. The van der Waals surface area contributed by atoms with Gasteiger partial charge in [0.15, 0.2) is 5.58 Å². The highest BCUT2D eigenvalue weighted by Crippen LogP contribution is 2.31. The maximum absolute atomic E-state index is 11.7. The molecule has 5 rings (SSSR count). The predicted molar refractivity (Wildman–Crippen MR) is 142 cm³/mol. The van der Waals surface area contributed by atoms with Crippen LogP contribution in [0.2, 0.25) is 0 Å². The lowest BCUT2D eigenvalue weighted by atomic mass is 9.90. The highest BCUT2D eigenvalue weighted by molar-refractivity contribution is 6.07. The number of hydrogen-bond acceptors (Lipinski definition) is 6. The highest BCUT2D eigenvalue weighted by Gasteiger charge is 2.30. The molecule has 1 aromatic heterocycles. The van der Waals surface area contributed by atoms with Gasteiger partial charge in [-0.3, -0.25) is 9.69 Å². The third kappa shape index (κ3) is 5.03. The molecule has 2 aliphatic rings. The number of oxazole rings is 1. The van der Waals surface area contributed by atoms with E-state index in [0.717, 1.165) is 54.0 Å². The second-order valence-corrected chi connectivity index (χ2v) is 9.80. The summed E-state index contributed by atoms with van der Waals surface area (Å²) >= 11 is 0. The molecule has 1 fully saturated rings. The van der Waals surface area contributed by atoms with Gasteiger partial charge in [0.2, 0.25) is 11.8 Å². The lowest BCUT2D eigenvalue weighted by Gasteiger charge is -2.39. The molecular formula is C29H36N4O3. The molecular weight excluding hydrogens is 452 g/mol. The van der Waals surface area contributed by atoms with Gasteiger partial charge in [0.1, 0.15) is 17.4 Å². The van der Waals surface area contributed by atoms with Gasteiger partial charge in [0, 0.05) is 29.5 Å². The molecule has 190 valence electrons. The smallest absolute Gasteiger partial charge is 0.240 e. The fraction of sp³-hybridized carbons (Fsp3) is 0.483. The molecule has 36 heavy (non-hydrogen) atoms. The van der Waals surface area contributed by atoms with Crippen LogP contribution in [0.25, 0.3) is 22.6 Å². The standard InChI is InChI=1S/C29H36N4O3/c1-4-19-18-27(34)31-32-28(19)21-13-16-23-26(17-21)36-29(30-23)20-11-14-22(15-12-20)35-25-10-8-7-9-24(25)33(5-2)6-3/h11-17,19,24-25H,4-10,18H2,1-3H3,(H,31,34)/t19?,24-,25-/m1/s1. The van der Waals surface area contributed by atoms with Crippen molar-refractivity contribution in [2.24, 2.45) is 11.0 Å². The number of hydrogen-bond donors (Lipinski definition) is 1. The van der Waals surface area contributed by atoms with E-state index >= 15 is 0 Å². The van der Waals surface area contributed by atoms with Crippen LogP contribution >= 0.6 is 0 Å². The summed E-state index contributed by atoms with van der Waals surface area (Å²) in [4.78, 5) is 19.0. The van der Waals surface area contributed by atoms with Crippen LogP contribution in [0.1, 0.15) is 64.9 Å². The number of ether oxygens (including phenoxy) is 1. The number of carbonyl (C=O) groups excluding carboxylic acids is 1. The van der Waals surface area contributed by atoms with E-state index in [1.165, 1.54) is 19.3 Å². The fourth-order valence-corrected chi connectivity index (χ4v) is 5.60. The number of rotatable bonds is 8. The van der Waals surface area contributed by atoms with Gasteiger partial charge in [0.05, 0.1) is 5.71 Å². The second kappa shape index (κ2) is 10.8. The minimum absolute atomic E-state index is 0.0342. The number of aromatic nitrogens is 1. The van der Waals surface area contributed by atoms with Crippen LogP contribution in [-0.4, -0.2) is 46.7 Å². The van der Waals surface area contributed by atoms with Crippen LogP contribution in [0, 0.1) is 5.92 Å². The van der Waals surface area contributed by atoms with Crippen molar-refractivity contribution in [3.63, 3.8) is 0 Å². The zero-order valence-corrected chi connectivity index (χ0v) is 21.5. The van der Waals surface area contributed by atoms with Crippen molar-refractivity contribution in [1.29, 1.82) is 0 Å². The third-order valence-corrected chi connectivity index (χ3v) is 7.63. The summed E-state index contributed by atoms with van der Waals surface area (Å²) in [6.45, 7) is 8.65. The molecule has 1 N–H and O–H groups in total. The van der Waals surface area contributed by atoms with E-state index in [4.69, 9.17) is 14.1 Å². The third-order valence-electron chi connectivity index (χ3n) is 7.63. The normalized spacial score (nSPS) is 22.5. The zero-order valence-electron chi connectivity index (χ0n) is 21.5. The van der Waals surface area contributed by atoms with Crippen molar-refractivity contribution in [2.75, 3.05) is 13.1 Å². The summed E-state index contributed by atoms with van der Waals surface area (Å²) in [6.07, 6.45) is 6.35. The summed E-state index contributed by atoms with van der Waals surface area (Å²) in [7, 11) is 0. The summed E-state index contributed by atoms with van der Waals surface area (Å²) in [5, 5.41) is 4.33. The number of nitrogens with zero attached hydrogens (tertiary/aromatic N) is 3. The van der Waals surface area contributed by atoms with E-state index in [1.807, 2.05) is 42.5 Å². The Morgan fingerprint density at radius 2 is 1.78 bits per heavy atom. The maximum atomic E-state index is 11.7. The topological polar surface area (TPSA) is 80.0 Å². The van der Waals surface area contributed by atoms with Gasteiger partial charge in [-0.25, -0.2) is 10.4 Å². The molecule has 1 aliphatic heterocycles. The number of hydrazone groups is 1. The fourth-order valence-electron chi connectivity index (χ4n) is 5.60. The summed E-state index contributed by atoms with van der Waals surface area (Å²) in [5.74, 6) is 1.55. The van der Waals surface area contributed by atoms with Crippen molar-refractivity contribution in [1.82, 2.24) is 15.3 Å². The summed E-state index contributed by atoms with van der Waals surface area (Å²) in [5.41, 5.74) is 6.88. The molecule has 1 amide bonds. The Bertz CT molecular complexity index is 1230. The Morgan fingerprint density at radius 1 is 1.03 bits per heavy atom. The molecule has 0 bridgehead atoms. The average Bonchev–Trinajstić information content (AvgIpc) is 3.34. The van der Waals surface area contributed by atoms with Gasteiger partial charge >= 0.3 is 0 Å². The minimum Gasteiger partial charge on any atom is -0.489 e. The first kappa shape index (κ1) is 24.5.